The van der Waals surface area contributed by atoms with E-state index in [-0.39, 0.29) is 0 Å². The Balaban J connectivity index is 1.98. The maximum absolute atomic E-state index is 4.24. The molecule has 0 aliphatic carbocycles. The lowest BCUT2D eigenvalue weighted by Crippen LogP contribution is -2.19. The van der Waals surface area contributed by atoms with Crippen LogP contribution in [-0.2, 0) is 13.6 Å². The summed E-state index contributed by atoms with van der Waals surface area (Å²) in [4.78, 5) is 4.19. The van der Waals surface area contributed by atoms with Crippen LogP contribution < -0.4 is 5.32 Å². The SMILES string of the molecule is Cc1ccccc1C(C)NCc1ncn(C)n1. The molecule has 4 nitrogen and oxygen atoms in total. The Morgan fingerprint density at radius 3 is 2.76 bits per heavy atom. The van der Waals surface area contributed by atoms with E-state index in [1.165, 1.54) is 11.1 Å². The summed E-state index contributed by atoms with van der Waals surface area (Å²) in [7, 11) is 1.88. The maximum Gasteiger partial charge on any atom is 0.164 e. The van der Waals surface area contributed by atoms with Crippen molar-refractivity contribution in [3.63, 3.8) is 0 Å². The molecule has 0 saturated heterocycles. The van der Waals surface area contributed by atoms with Crippen LogP contribution in [0.3, 0.4) is 0 Å². The third kappa shape index (κ3) is 2.91. The number of benzene rings is 1. The van der Waals surface area contributed by atoms with Crippen LogP contribution >= 0.6 is 0 Å². The maximum atomic E-state index is 4.24. The highest BCUT2D eigenvalue weighted by molar-refractivity contribution is 5.28. The Morgan fingerprint density at radius 1 is 1.35 bits per heavy atom. The molecule has 0 bridgehead atoms. The minimum atomic E-state index is 0.306. The average Bonchev–Trinajstić information content (AvgIpc) is 2.73. The van der Waals surface area contributed by atoms with E-state index in [2.05, 4.69) is 53.5 Å². The summed E-state index contributed by atoms with van der Waals surface area (Å²) in [6.45, 7) is 4.98. The molecule has 90 valence electrons. The summed E-state index contributed by atoms with van der Waals surface area (Å²) in [6.07, 6.45) is 1.72. The van der Waals surface area contributed by atoms with E-state index in [4.69, 9.17) is 0 Å². The third-order valence-electron chi connectivity index (χ3n) is 2.87. The molecule has 17 heavy (non-hydrogen) atoms. The van der Waals surface area contributed by atoms with Gasteiger partial charge in [-0.3, -0.25) is 4.68 Å². The first-order valence-corrected chi connectivity index (χ1v) is 5.80. The van der Waals surface area contributed by atoms with E-state index in [0.717, 1.165) is 5.82 Å². The average molecular weight is 230 g/mol. The van der Waals surface area contributed by atoms with Gasteiger partial charge >= 0.3 is 0 Å². The lowest BCUT2D eigenvalue weighted by molar-refractivity contribution is 0.554. The Labute approximate surface area is 102 Å². The number of rotatable bonds is 4. The van der Waals surface area contributed by atoms with Crippen LogP contribution in [0.5, 0.6) is 0 Å². The van der Waals surface area contributed by atoms with Gasteiger partial charge in [0, 0.05) is 13.1 Å². The molecule has 4 heteroatoms. The number of nitrogens with one attached hydrogen (secondary N) is 1. The van der Waals surface area contributed by atoms with E-state index in [0.29, 0.717) is 12.6 Å². The molecule has 0 amide bonds. The molecule has 1 N–H and O–H groups in total. The summed E-state index contributed by atoms with van der Waals surface area (Å²) in [5, 5.41) is 7.67. The van der Waals surface area contributed by atoms with E-state index in [9.17, 15) is 0 Å². The highest BCUT2D eigenvalue weighted by Gasteiger charge is 2.08. The normalized spacial score (nSPS) is 12.6. The molecule has 0 spiro atoms. The van der Waals surface area contributed by atoms with Gasteiger partial charge in [-0.1, -0.05) is 24.3 Å². The van der Waals surface area contributed by atoms with Gasteiger partial charge in [0.2, 0.25) is 0 Å². The first-order chi connectivity index (χ1) is 8.16. The fourth-order valence-corrected chi connectivity index (χ4v) is 1.89. The minimum Gasteiger partial charge on any atom is -0.303 e. The zero-order valence-corrected chi connectivity index (χ0v) is 10.5. The van der Waals surface area contributed by atoms with Crippen molar-refractivity contribution < 1.29 is 0 Å². The van der Waals surface area contributed by atoms with Crippen molar-refractivity contribution in [1.82, 2.24) is 20.1 Å². The van der Waals surface area contributed by atoms with Crippen LogP contribution in [0, 0.1) is 6.92 Å². The molecular weight excluding hydrogens is 212 g/mol. The lowest BCUT2D eigenvalue weighted by Gasteiger charge is -2.15. The monoisotopic (exact) mass is 230 g/mol. The van der Waals surface area contributed by atoms with Crippen LogP contribution in [-0.4, -0.2) is 14.8 Å². The van der Waals surface area contributed by atoms with Gasteiger partial charge in [0.25, 0.3) is 0 Å². The van der Waals surface area contributed by atoms with Crippen LogP contribution in [0.4, 0.5) is 0 Å². The van der Waals surface area contributed by atoms with Gasteiger partial charge in [0.15, 0.2) is 5.82 Å². The largest absolute Gasteiger partial charge is 0.303 e. The lowest BCUT2D eigenvalue weighted by atomic mass is 10.0. The van der Waals surface area contributed by atoms with Crippen molar-refractivity contribution in [2.24, 2.45) is 7.05 Å². The molecule has 1 atom stereocenters. The van der Waals surface area contributed by atoms with E-state index < -0.39 is 0 Å². The molecule has 1 unspecified atom stereocenters. The fraction of sp³-hybridized carbons (Fsp3) is 0.385. The summed E-state index contributed by atoms with van der Waals surface area (Å²) < 4.78 is 1.72. The quantitative estimate of drug-likeness (QED) is 0.873. The molecule has 0 fully saturated rings. The molecule has 1 heterocycles. The van der Waals surface area contributed by atoms with Gasteiger partial charge in [0.1, 0.15) is 6.33 Å². The van der Waals surface area contributed by atoms with Crippen LogP contribution in [0.2, 0.25) is 0 Å². The van der Waals surface area contributed by atoms with Crippen molar-refractivity contribution in [1.29, 1.82) is 0 Å². The van der Waals surface area contributed by atoms with Gasteiger partial charge in [-0.2, -0.15) is 5.10 Å². The second-order valence-corrected chi connectivity index (χ2v) is 4.29. The predicted octanol–water partition coefficient (Wildman–Crippen LogP) is 1.97. The highest BCUT2D eigenvalue weighted by Crippen LogP contribution is 2.16. The fourth-order valence-electron chi connectivity index (χ4n) is 1.89. The Bertz CT molecular complexity index is 490. The highest BCUT2D eigenvalue weighted by atomic mass is 15.3. The van der Waals surface area contributed by atoms with E-state index in [1.807, 2.05) is 7.05 Å². The minimum absolute atomic E-state index is 0.306. The number of hydrogen-bond acceptors (Lipinski definition) is 3. The van der Waals surface area contributed by atoms with Crippen molar-refractivity contribution in [2.45, 2.75) is 26.4 Å². The first-order valence-electron chi connectivity index (χ1n) is 5.80. The van der Waals surface area contributed by atoms with E-state index >= 15 is 0 Å². The topological polar surface area (TPSA) is 42.7 Å². The zero-order chi connectivity index (χ0) is 12.3. The van der Waals surface area contributed by atoms with Gasteiger partial charge in [0.05, 0.1) is 6.54 Å². The van der Waals surface area contributed by atoms with Crippen molar-refractivity contribution in [3.8, 4) is 0 Å². The zero-order valence-electron chi connectivity index (χ0n) is 10.5. The van der Waals surface area contributed by atoms with Gasteiger partial charge in [-0.05, 0) is 25.0 Å². The Kier molecular flexibility index (Phi) is 3.54. The van der Waals surface area contributed by atoms with Gasteiger partial charge in [-0.15, -0.1) is 0 Å². The number of hydrogen-bond donors (Lipinski definition) is 1. The molecule has 0 aliphatic heterocycles. The summed E-state index contributed by atoms with van der Waals surface area (Å²) in [5.41, 5.74) is 2.63. The first kappa shape index (κ1) is 11.8. The van der Waals surface area contributed by atoms with E-state index in [1.54, 1.807) is 11.0 Å². The van der Waals surface area contributed by atoms with Crippen LogP contribution in [0.15, 0.2) is 30.6 Å². The molecule has 1 aromatic carbocycles. The van der Waals surface area contributed by atoms with Crippen LogP contribution in [0.25, 0.3) is 0 Å². The summed E-state index contributed by atoms with van der Waals surface area (Å²) in [6, 6.07) is 8.72. The standard InChI is InChI=1S/C13H18N4/c1-10-6-4-5-7-12(10)11(2)14-8-13-15-9-17(3)16-13/h4-7,9,11,14H,8H2,1-3H3. The summed E-state index contributed by atoms with van der Waals surface area (Å²) >= 11 is 0. The molecule has 2 aromatic rings. The third-order valence-corrected chi connectivity index (χ3v) is 2.87. The molecule has 0 saturated carbocycles. The van der Waals surface area contributed by atoms with Crippen LogP contribution in [0.1, 0.15) is 29.9 Å². The molecule has 0 radical (unpaired) electrons. The number of aromatic nitrogens is 3. The molecule has 0 aliphatic rings. The second-order valence-electron chi connectivity index (χ2n) is 4.29. The summed E-state index contributed by atoms with van der Waals surface area (Å²) in [5.74, 6) is 0.827. The molecule has 1 aromatic heterocycles. The second kappa shape index (κ2) is 5.10. The van der Waals surface area contributed by atoms with Crippen molar-refractivity contribution in [3.05, 3.63) is 47.5 Å². The van der Waals surface area contributed by atoms with Crippen molar-refractivity contribution >= 4 is 0 Å². The molecular formula is C13H18N4. The number of aryl methyl sites for hydroxylation is 2. The smallest absolute Gasteiger partial charge is 0.164 e. The van der Waals surface area contributed by atoms with Gasteiger partial charge in [-0.25, -0.2) is 4.98 Å². The Hall–Kier alpha value is -1.68. The Morgan fingerprint density at radius 2 is 2.12 bits per heavy atom. The predicted molar refractivity (Wildman–Crippen MR) is 67.4 cm³/mol. The van der Waals surface area contributed by atoms with Gasteiger partial charge < -0.3 is 5.32 Å². The van der Waals surface area contributed by atoms with Crippen molar-refractivity contribution in [2.75, 3.05) is 0 Å². The molecule has 2 rings (SSSR count). The number of nitrogens with zero attached hydrogens (tertiary/aromatic N) is 3.